The summed E-state index contributed by atoms with van der Waals surface area (Å²) in [6.45, 7) is 0.438. The van der Waals surface area contributed by atoms with Gasteiger partial charge in [0.2, 0.25) is 0 Å². The molecule has 0 N–H and O–H groups in total. The first kappa shape index (κ1) is 14.4. The molecule has 18 heavy (non-hydrogen) atoms. The number of carbonyl (C=O) groups is 1. The molecule has 0 bridgehead atoms. The van der Waals surface area contributed by atoms with Crippen LogP contribution in [0.2, 0.25) is 0 Å². The van der Waals surface area contributed by atoms with Gasteiger partial charge in [0, 0.05) is 18.9 Å². The van der Waals surface area contributed by atoms with Crippen molar-refractivity contribution in [2.45, 2.75) is 6.54 Å². The number of methoxy groups -OCH3 is 1. The Balaban J connectivity index is 0.00000162. The smallest absolute Gasteiger partial charge is 0.542 e. The Labute approximate surface area is 117 Å². The van der Waals surface area contributed by atoms with E-state index < -0.39 is 5.97 Å². The second-order valence-corrected chi connectivity index (χ2v) is 3.51. The largest absolute Gasteiger partial charge is 1.00 e. The van der Waals surface area contributed by atoms with Gasteiger partial charge in [-0.3, -0.25) is 0 Å². The average Bonchev–Trinajstić information content (AvgIpc) is 2.78. The number of carbonyl (C=O) groups excluding carboxylic acids is 1. The Morgan fingerprint density at radius 3 is 2.61 bits per heavy atom. The third-order valence-corrected chi connectivity index (χ3v) is 2.41. The van der Waals surface area contributed by atoms with Crippen LogP contribution in [0.5, 0.6) is 5.75 Å². The van der Waals surface area contributed by atoms with Gasteiger partial charge in [0.15, 0.2) is 5.82 Å². The van der Waals surface area contributed by atoms with Gasteiger partial charge in [-0.05, 0) is 17.7 Å². The molecule has 0 fully saturated rings. The second-order valence-electron chi connectivity index (χ2n) is 3.51. The number of hydrogen-bond acceptors (Lipinski definition) is 4. The van der Waals surface area contributed by atoms with Crippen molar-refractivity contribution < 1.29 is 33.5 Å². The molecule has 5 nitrogen and oxygen atoms in total. The van der Waals surface area contributed by atoms with Crippen LogP contribution in [0.4, 0.5) is 0 Å². The third kappa shape index (κ3) is 3.16. The normalized spacial score (nSPS) is 9.61. The Bertz CT molecular complexity index is 522. The summed E-state index contributed by atoms with van der Waals surface area (Å²) < 4.78 is 6.57. The Morgan fingerprint density at radius 2 is 2.06 bits per heavy atom. The van der Waals surface area contributed by atoms with Crippen LogP contribution in [0.1, 0.15) is 16.2 Å². The SMILES string of the molecule is COc1ccc(Cn2ccnc2C(=O)[O-])cc1.[Li+]. The maximum Gasteiger partial charge on any atom is 1.00 e. The van der Waals surface area contributed by atoms with Crippen LogP contribution < -0.4 is 28.7 Å². The van der Waals surface area contributed by atoms with E-state index in [0.29, 0.717) is 6.54 Å². The van der Waals surface area contributed by atoms with Gasteiger partial charge in [0.25, 0.3) is 0 Å². The summed E-state index contributed by atoms with van der Waals surface area (Å²) in [4.78, 5) is 14.5. The van der Waals surface area contributed by atoms with Gasteiger partial charge in [-0.15, -0.1) is 0 Å². The number of hydrogen-bond donors (Lipinski definition) is 0. The molecule has 0 saturated carbocycles. The molecule has 6 heteroatoms. The van der Waals surface area contributed by atoms with Crippen molar-refractivity contribution in [3.63, 3.8) is 0 Å². The number of ether oxygens (including phenoxy) is 1. The summed E-state index contributed by atoms with van der Waals surface area (Å²) in [5.74, 6) is -0.580. The number of rotatable bonds is 4. The van der Waals surface area contributed by atoms with Crippen molar-refractivity contribution in [3.05, 3.63) is 48.0 Å². The van der Waals surface area contributed by atoms with Crippen molar-refractivity contribution in [2.75, 3.05) is 7.11 Å². The Hall–Kier alpha value is -1.70. The van der Waals surface area contributed by atoms with Crippen molar-refractivity contribution in [1.29, 1.82) is 0 Å². The van der Waals surface area contributed by atoms with Crippen LogP contribution in [0.3, 0.4) is 0 Å². The summed E-state index contributed by atoms with van der Waals surface area (Å²) in [5.41, 5.74) is 0.964. The molecular formula is C12H11LiN2O3. The van der Waals surface area contributed by atoms with E-state index in [2.05, 4.69) is 4.98 Å². The molecule has 0 amide bonds. The molecule has 1 aromatic heterocycles. The van der Waals surface area contributed by atoms with E-state index in [9.17, 15) is 9.90 Å². The number of nitrogens with zero attached hydrogens (tertiary/aromatic N) is 2. The quantitative estimate of drug-likeness (QED) is 0.544. The standard InChI is InChI=1S/C12H12N2O3.Li/c1-17-10-4-2-9(3-5-10)8-14-7-6-13-11(14)12(15)16;/h2-7H,8H2,1H3,(H,15,16);/q;+1/p-1. The summed E-state index contributed by atoms with van der Waals surface area (Å²) in [6, 6.07) is 7.39. The number of carboxylic acids is 1. The fourth-order valence-electron chi connectivity index (χ4n) is 1.55. The Morgan fingerprint density at radius 1 is 1.39 bits per heavy atom. The van der Waals surface area contributed by atoms with Gasteiger partial charge in [0.05, 0.1) is 7.11 Å². The predicted octanol–water partition coefficient (Wildman–Crippen LogP) is -2.69. The van der Waals surface area contributed by atoms with E-state index in [1.807, 2.05) is 24.3 Å². The topological polar surface area (TPSA) is 67.2 Å². The average molecular weight is 238 g/mol. The molecule has 2 rings (SSSR count). The summed E-state index contributed by atoms with van der Waals surface area (Å²) in [5, 5.41) is 10.8. The number of aromatic carboxylic acids is 1. The van der Waals surface area contributed by atoms with Gasteiger partial charge >= 0.3 is 18.9 Å². The molecule has 88 valence electrons. The van der Waals surface area contributed by atoms with Gasteiger partial charge in [-0.1, -0.05) is 12.1 Å². The molecule has 0 atom stereocenters. The fraction of sp³-hybridized carbons (Fsp3) is 0.167. The van der Waals surface area contributed by atoms with Gasteiger partial charge < -0.3 is 19.2 Å². The third-order valence-electron chi connectivity index (χ3n) is 2.41. The molecule has 0 aliphatic heterocycles. The molecule has 2 aromatic rings. The molecule has 0 radical (unpaired) electrons. The number of benzene rings is 1. The molecule has 1 heterocycles. The van der Waals surface area contributed by atoms with Crippen LogP contribution in [0, 0.1) is 0 Å². The zero-order valence-electron chi connectivity index (χ0n) is 10.3. The van der Waals surface area contributed by atoms with E-state index >= 15 is 0 Å². The summed E-state index contributed by atoms with van der Waals surface area (Å²) in [7, 11) is 1.60. The zero-order valence-corrected chi connectivity index (χ0v) is 10.3. The molecule has 0 unspecified atom stereocenters. The minimum Gasteiger partial charge on any atom is -0.542 e. The van der Waals surface area contributed by atoms with Gasteiger partial charge in [-0.2, -0.15) is 0 Å². The molecule has 0 aliphatic carbocycles. The maximum atomic E-state index is 10.8. The van der Waals surface area contributed by atoms with Crippen molar-refractivity contribution in [3.8, 4) is 5.75 Å². The second kappa shape index (κ2) is 6.29. The predicted molar refractivity (Wildman–Crippen MR) is 58.7 cm³/mol. The molecule has 1 aromatic carbocycles. The van der Waals surface area contributed by atoms with Crippen LogP contribution >= 0.6 is 0 Å². The minimum absolute atomic E-state index is 0. The molecule has 0 spiro atoms. The Kier molecular flexibility index (Phi) is 5.02. The number of aromatic nitrogens is 2. The van der Waals surface area contributed by atoms with E-state index in [1.54, 1.807) is 13.3 Å². The van der Waals surface area contributed by atoms with Crippen molar-refractivity contribution in [2.24, 2.45) is 0 Å². The molecular weight excluding hydrogens is 227 g/mol. The van der Waals surface area contributed by atoms with Crippen molar-refractivity contribution in [1.82, 2.24) is 9.55 Å². The van der Waals surface area contributed by atoms with Crippen molar-refractivity contribution >= 4 is 5.97 Å². The van der Waals surface area contributed by atoms with E-state index in [0.717, 1.165) is 11.3 Å². The number of imidazole rings is 1. The monoisotopic (exact) mass is 238 g/mol. The van der Waals surface area contributed by atoms with Gasteiger partial charge in [-0.25, -0.2) is 4.98 Å². The molecule has 0 saturated heterocycles. The van der Waals surface area contributed by atoms with Gasteiger partial charge in [0.1, 0.15) is 11.7 Å². The maximum absolute atomic E-state index is 10.8. The van der Waals surface area contributed by atoms with E-state index in [4.69, 9.17) is 4.74 Å². The van der Waals surface area contributed by atoms with E-state index in [1.165, 1.54) is 10.8 Å². The van der Waals surface area contributed by atoms with Crippen LogP contribution in [0.15, 0.2) is 36.7 Å². The van der Waals surface area contributed by atoms with Crippen LogP contribution in [0.25, 0.3) is 0 Å². The van der Waals surface area contributed by atoms with Crippen LogP contribution in [-0.4, -0.2) is 22.6 Å². The number of carboxylic acid groups (broad SMARTS) is 1. The zero-order chi connectivity index (χ0) is 12.3. The first-order chi connectivity index (χ1) is 8.20. The first-order valence-electron chi connectivity index (χ1n) is 5.06. The summed E-state index contributed by atoms with van der Waals surface area (Å²) >= 11 is 0. The van der Waals surface area contributed by atoms with Crippen LogP contribution in [-0.2, 0) is 6.54 Å². The fourth-order valence-corrected chi connectivity index (χ4v) is 1.55. The minimum atomic E-state index is -1.27. The summed E-state index contributed by atoms with van der Waals surface area (Å²) in [6.07, 6.45) is 3.05. The van der Waals surface area contributed by atoms with E-state index in [-0.39, 0.29) is 24.7 Å². The first-order valence-corrected chi connectivity index (χ1v) is 5.06. The molecule has 0 aliphatic rings.